The molecule has 14 nitrogen and oxygen atoms in total. The summed E-state index contributed by atoms with van der Waals surface area (Å²) in [6.07, 6.45) is -0.922. The first-order chi connectivity index (χ1) is 21.4. The number of carbonyl (C=O) groups is 4. The van der Waals surface area contributed by atoms with Crippen molar-refractivity contribution in [3.8, 4) is 11.5 Å². The molecule has 45 heavy (non-hydrogen) atoms. The highest BCUT2D eigenvalue weighted by Gasteiger charge is 2.42. The number of phosphoric ester groups is 1. The van der Waals surface area contributed by atoms with Crippen LogP contribution >= 0.6 is 7.82 Å². The molecule has 4 atom stereocenters. The minimum atomic E-state index is -4.20. The van der Waals surface area contributed by atoms with Gasteiger partial charge in [-0.1, -0.05) is 44.2 Å². The Morgan fingerprint density at radius 1 is 1.07 bits per heavy atom. The van der Waals surface area contributed by atoms with E-state index in [9.17, 15) is 23.7 Å². The third-order valence-electron chi connectivity index (χ3n) is 6.55. The predicted molar refractivity (Wildman–Crippen MR) is 158 cm³/mol. The molecule has 0 bridgehead atoms. The van der Waals surface area contributed by atoms with Gasteiger partial charge in [-0.3, -0.25) is 23.4 Å². The molecule has 1 amide bonds. The van der Waals surface area contributed by atoms with Gasteiger partial charge in [0.1, 0.15) is 18.6 Å². The Kier molecular flexibility index (Phi) is 12.9. The van der Waals surface area contributed by atoms with Gasteiger partial charge in [0.15, 0.2) is 23.6 Å². The maximum Gasteiger partial charge on any atom is 0.530 e. The van der Waals surface area contributed by atoms with Crippen LogP contribution in [0.3, 0.4) is 0 Å². The Balaban J connectivity index is 1.92. The first kappa shape index (κ1) is 35.5. The molecule has 1 aliphatic rings. The predicted octanol–water partition coefficient (Wildman–Crippen LogP) is 3.66. The van der Waals surface area contributed by atoms with E-state index < -0.39 is 74.0 Å². The van der Waals surface area contributed by atoms with Crippen LogP contribution in [-0.2, 0) is 48.6 Å². The Bertz CT molecular complexity index is 1380. The lowest BCUT2D eigenvalue weighted by Gasteiger charge is -2.29. The molecule has 2 heterocycles. The van der Waals surface area contributed by atoms with E-state index >= 15 is 0 Å². The molecule has 246 valence electrons. The second kappa shape index (κ2) is 16.4. The molecule has 1 fully saturated rings. The number of benzene rings is 1. The number of nitrogens with one attached hydrogen (secondary N) is 1. The fourth-order valence-electron chi connectivity index (χ4n) is 4.34. The van der Waals surface area contributed by atoms with Crippen LogP contribution in [0, 0.1) is 11.8 Å². The van der Waals surface area contributed by atoms with E-state index in [1.54, 1.807) is 52.0 Å². The minimum absolute atomic E-state index is 0.0227. The second-order valence-electron chi connectivity index (χ2n) is 10.2. The largest absolute Gasteiger partial charge is 0.530 e. The van der Waals surface area contributed by atoms with Gasteiger partial charge in [0, 0.05) is 12.3 Å². The number of pyridine rings is 1. The zero-order chi connectivity index (χ0) is 33.1. The van der Waals surface area contributed by atoms with Crippen LogP contribution < -0.4 is 14.6 Å². The average Bonchev–Trinajstić information content (AvgIpc) is 3.03. The summed E-state index contributed by atoms with van der Waals surface area (Å²) in [5, 5.41) is 2.43. The Morgan fingerprint density at radius 2 is 1.73 bits per heavy atom. The Morgan fingerprint density at radius 3 is 2.33 bits per heavy atom. The molecule has 1 aromatic carbocycles. The van der Waals surface area contributed by atoms with Crippen molar-refractivity contribution in [2.75, 3.05) is 26.9 Å². The van der Waals surface area contributed by atoms with Crippen molar-refractivity contribution in [1.82, 2.24) is 10.3 Å². The molecule has 1 aromatic heterocycles. The number of ether oxygens (including phenoxy) is 4. The number of phosphoric acid groups is 1. The van der Waals surface area contributed by atoms with Crippen LogP contribution in [0.15, 0.2) is 42.6 Å². The van der Waals surface area contributed by atoms with Crippen molar-refractivity contribution in [1.29, 1.82) is 0 Å². The monoisotopic (exact) mass is 650 g/mol. The molecule has 1 saturated heterocycles. The van der Waals surface area contributed by atoms with Crippen molar-refractivity contribution in [3.63, 3.8) is 0 Å². The maximum absolute atomic E-state index is 13.5. The number of cyclic esters (lactones) is 2. The summed E-state index contributed by atoms with van der Waals surface area (Å²) in [5.41, 5.74) is 0.340. The van der Waals surface area contributed by atoms with Gasteiger partial charge in [-0.2, -0.15) is 0 Å². The molecule has 1 aliphatic heterocycles. The van der Waals surface area contributed by atoms with Crippen LogP contribution in [0.4, 0.5) is 0 Å². The number of carbonyl (C=O) groups excluding carboxylic acids is 4. The molecule has 3 rings (SSSR count). The van der Waals surface area contributed by atoms with E-state index in [2.05, 4.69) is 10.3 Å². The molecule has 0 unspecified atom stereocenters. The third-order valence-corrected chi connectivity index (χ3v) is 8.10. The minimum Gasteiger partial charge on any atom is -0.493 e. The average molecular weight is 651 g/mol. The van der Waals surface area contributed by atoms with Gasteiger partial charge in [0.2, 0.25) is 5.75 Å². The van der Waals surface area contributed by atoms with E-state index in [0.29, 0.717) is 0 Å². The van der Waals surface area contributed by atoms with Gasteiger partial charge in [-0.15, -0.1) is 0 Å². The normalized spacial score (nSPS) is 20.6. The molecule has 1 N–H and O–H groups in total. The summed E-state index contributed by atoms with van der Waals surface area (Å²) < 4.78 is 51.1. The highest BCUT2D eigenvalue weighted by Crippen LogP contribution is 2.52. The van der Waals surface area contributed by atoms with Crippen LogP contribution in [0.2, 0.25) is 0 Å². The molecule has 0 aliphatic carbocycles. The quantitative estimate of drug-likeness (QED) is 0.189. The lowest BCUT2D eigenvalue weighted by Crippen LogP contribution is -2.47. The molecule has 15 heteroatoms. The summed E-state index contributed by atoms with van der Waals surface area (Å²) in [4.78, 5) is 56.9. The Hall–Kier alpha value is -4.00. The van der Waals surface area contributed by atoms with E-state index in [1.165, 1.54) is 26.3 Å². The SMILES string of the molecule is CCOP(=O)(OCC)Oc1c(OC)ccnc1C(=O)N[C@H]1COC(=O)[C@H](Cc2ccccc2)[C@@H](OC(=O)C(C)C)[C@H](C)OC1=O. The number of aromatic nitrogens is 1. The molecule has 0 radical (unpaired) electrons. The third kappa shape index (κ3) is 9.49. The molecule has 2 aromatic rings. The van der Waals surface area contributed by atoms with Gasteiger partial charge in [-0.25, -0.2) is 14.3 Å². The number of esters is 3. The van der Waals surface area contributed by atoms with Crippen LogP contribution in [0.5, 0.6) is 11.5 Å². The topological polar surface area (TPSA) is 175 Å². The van der Waals surface area contributed by atoms with Gasteiger partial charge in [-0.05, 0) is 32.8 Å². The number of hydrogen-bond acceptors (Lipinski definition) is 13. The number of rotatable bonds is 13. The molecular weight excluding hydrogens is 611 g/mol. The van der Waals surface area contributed by atoms with Gasteiger partial charge in [0.25, 0.3) is 5.91 Å². The maximum atomic E-state index is 13.5. The van der Waals surface area contributed by atoms with Crippen molar-refractivity contribution in [3.05, 3.63) is 53.9 Å². The van der Waals surface area contributed by atoms with Crippen molar-refractivity contribution in [2.45, 2.75) is 59.3 Å². The van der Waals surface area contributed by atoms with Crippen LogP contribution in [-0.4, -0.2) is 74.0 Å². The smallest absolute Gasteiger partial charge is 0.493 e. The van der Waals surface area contributed by atoms with Crippen molar-refractivity contribution < 1.29 is 56.3 Å². The van der Waals surface area contributed by atoms with Crippen LogP contribution in [0.25, 0.3) is 0 Å². The van der Waals surface area contributed by atoms with Gasteiger partial charge in [0.05, 0.1) is 26.2 Å². The van der Waals surface area contributed by atoms with E-state index in [4.69, 9.17) is 32.5 Å². The standard InChI is InChI=1S/C30H39N2O12P/c1-7-40-45(37,41-8-2)44-26-23(38-6)14-15-31-24(26)27(33)32-22-17-39-29(35)21(16-20-12-10-9-11-13-20)25(19(5)42-30(22)36)43-28(34)18(3)4/h9-15,18-19,21-22,25H,7-8,16-17H2,1-6H3,(H,32,33)/t19-,21+,22-,25-/m0/s1. The number of nitrogens with zero attached hydrogens (tertiary/aromatic N) is 1. The second-order valence-corrected chi connectivity index (χ2v) is 11.8. The lowest BCUT2D eigenvalue weighted by molar-refractivity contribution is -0.176. The fourth-order valence-corrected chi connectivity index (χ4v) is 5.55. The number of hydrogen-bond donors (Lipinski definition) is 1. The van der Waals surface area contributed by atoms with E-state index in [0.717, 1.165) is 5.56 Å². The number of methoxy groups -OCH3 is 1. The summed E-state index contributed by atoms with van der Waals surface area (Å²) in [5.74, 6) is -5.23. The lowest BCUT2D eigenvalue weighted by atomic mass is 9.91. The summed E-state index contributed by atoms with van der Waals surface area (Å²) in [6.45, 7) is 7.24. The molecule has 0 saturated carbocycles. The van der Waals surface area contributed by atoms with Crippen LogP contribution in [0.1, 0.15) is 50.7 Å². The molecular formula is C30H39N2O12P. The van der Waals surface area contributed by atoms with Crippen molar-refractivity contribution >= 4 is 31.6 Å². The molecule has 0 spiro atoms. The van der Waals surface area contributed by atoms with E-state index in [1.807, 2.05) is 6.07 Å². The fraction of sp³-hybridized carbons (Fsp3) is 0.500. The van der Waals surface area contributed by atoms with E-state index in [-0.39, 0.29) is 31.1 Å². The highest BCUT2D eigenvalue weighted by molar-refractivity contribution is 7.48. The zero-order valence-corrected chi connectivity index (χ0v) is 26.9. The van der Waals surface area contributed by atoms with Gasteiger partial charge < -0.3 is 28.8 Å². The zero-order valence-electron chi connectivity index (χ0n) is 26.1. The van der Waals surface area contributed by atoms with Crippen molar-refractivity contribution in [2.24, 2.45) is 11.8 Å². The summed E-state index contributed by atoms with van der Waals surface area (Å²) in [7, 11) is -2.91. The Labute approximate surface area is 261 Å². The number of amides is 1. The van der Waals surface area contributed by atoms with Gasteiger partial charge >= 0.3 is 25.7 Å². The summed E-state index contributed by atoms with van der Waals surface area (Å²) in [6, 6.07) is 8.87. The highest BCUT2D eigenvalue weighted by atomic mass is 31.2. The first-order valence-electron chi connectivity index (χ1n) is 14.5. The first-order valence-corrected chi connectivity index (χ1v) is 15.9. The summed E-state index contributed by atoms with van der Waals surface area (Å²) >= 11 is 0.